The Labute approximate surface area is 92.8 Å². The number of nitrogens with zero attached hydrogens (tertiary/aromatic N) is 1. The van der Waals surface area contributed by atoms with Crippen LogP contribution >= 0.6 is 0 Å². The molecule has 16 heavy (non-hydrogen) atoms. The van der Waals surface area contributed by atoms with Crippen LogP contribution in [0, 0.1) is 0 Å². The van der Waals surface area contributed by atoms with E-state index in [-0.39, 0.29) is 5.69 Å². The molecule has 1 rings (SSSR count). The predicted octanol–water partition coefficient (Wildman–Crippen LogP) is -0.0449. The minimum absolute atomic E-state index is 0.199. The van der Waals surface area contributed by atoms with Gasteiger partial charge in [-0.25, -0.2) is 9.78 Å². The number of pyridine rings is 1. The normalized spacial score (nSPS) is 11.6. The minimum Gasteiger partial charge on any atom is -0.467 e. The van der Waals surface area contributed by atoms with E-state index in [9.17, 15) is 9.59 Å². The average molecular weight is 223 g/mol. The molecule has 0 spiro atoms. The molecule has 0 radical (unpaired) electrons. The molecule has 0 unspecified atom stereocenters. The maximum absolute atomic E-state index is 11.6. The lowest BCUT2D eigenvalue weighted by molar-refractivity contribution is -0.142. The van der Waals surface area contributed by atoms with Gasteiger partial charge in [0.25, 0.3) is 5.91 Å². The Balaban J connectivity index is 2.65. The highest BCUT2D eigenvalue weighted by atomic mass is 16.5. The highest BCUT2D eigenvalue weighted by Crippen LogP contribution is 2.01. The zero-order valence-corrected chi connectivity index (χ0v) is 9.06. The summed E-state index contributed by atoms with van der Waals surface area (Å²) in [6.45, 7) is 1.53. The minimum atomic E-state index is -0.711. The Morgan fingerprint density at radius 2 is 2.19 bits per heavy atom. The third kappa shape index (κ3) is 2.94. The van der Waals surface area contributed by atoms with Crippen LogP contribution in [-0.4, -0.2) is 30.0 Å². The maximum Gasteiger partial charge on any atom is 0.328 e. The number of esters is 1. The number of hydrogen-bond donors (Lipinski definition) is 2. The van der Waals surface area contributed by atoms with Gasteiger partial charge >= 0.3 is 5.97 Å². The molecule has 6 nitrogen and oxygen atoms in total. The van der Waals surface area contributed by atoms with Gasteiger partial charge in [-0.1, -0.05) is 0 Å². The molecule has 86 valence electrons. The van der Waals surface area contributed by atoms with E-state index in [4.69, 9.17) is 5.73 Å². The first-order chi connectivity index (χ1) is 7.54. The number of ether oxygens (including phenoxy) is 1. The fraction of sp³-hybridized carbons (Fsp3) is 0.300. The highest BCUT2D eigenvalue weighted by Gasteiger charge is 2.17. The molecule has 0 bridgehead atoms. The quantitative estimate of drug-likeness (QED) is 0.701. The van der Waals surface area contributed by atoms with Crippen molar-refractivity contribution in [1.82, 2.24) is 10.3 Å². The summed E-state index contributed by atoms with van der Waals surface area (Å²) in [6.07, 6.45) is 1.37. The summed E-state index contributed by atoms with van der Waals surface area (Å²) in [5, 5.41) is 2.45. The number of nitrogens with two attached hydrogens (primary N) is 1. The monoisotopic (exact) mass is 223 g/mol. The number of aromatic nitrogens is 1. The topological polar surface area (TPSA) is 94.3 Å². The summed E-state index contributed by atoms with van der Waals surface area (Å²) in [5.41, 5.74) is 6.10. The Morgan fingerprint density at radius 3 is 2.69 bits per heavy atom. The summed E-state index contributed by atoms with van der Waals surface area (Å²) in [6, 6.07) is 2.33. The molecule has 0 fully saturated rings. The molecular weight excluding hydrogens is 210 g/mol. The van der Waals surface area contributed by atoms with Crippen LogP contribution in [0.25, 0.3) is 0 Å². The number of anilines is 1. The lowest BCUT2D eigenvalue weighted by atomic mass is 10.3. The number of methoxy groups -OCH3 is 1. The molecule has 0 saturated heterocycles. The smallest absolute Gasteiger partial charge is 0.328 e. The maximum atomic E-state index is 11.6. The Kier molecular flexibility index (Phi) is 3.82. The van der Waals surface area contributed by atoms with Gasteiger partial charge in [-0.3, -0.25) is 4.79 Å². The molecule has 1 amide bonds. The molecule has 1 atom stereocenters. The van der Waals surface area contributed by atoms with Gasteiger partial charge in [0.2, 0.25) is 0 Å². The van der Waals surface area contributed by atoms with E-state index in [1.165, 1.54) is 26.3 Å². The molecule has 0 aliphatic rings. The van der Waals surface area contributed by atoms with E-state index in [2.05, 4.69) is 15.0 Å². The second kappa shape index (κ2) is 5.11. The van der Waals surface area contributed by atoms with Crippen molar-refractivity contribution < 1.29 is 14.3 Å². The molecule has 3 N–H and O–H groups in total. The number of amides is 1. The first-order valence-electron chi connectivity index (χ1n) is 4.65. The van der Waals surface area contributed by atoms with Crippen LogP contribution in [0.3, 0.4) is 0 Å². The van der Waals surface area contributed by atoms with Crippen molar-refractivity contribution in [2.24, 2.45) is 0 Å². The molecule has 0 aliphatic carbocycles. The number of rotatable bonds is 3. The zero-order valence-electron chi connectivity index (χ0n) is 9.06. The first kappa shape index (κ1) is 12.0. The van der Waals surface area contributed by atoms with Gasteiger partial charge in [-0.2, -0.15) is 0 Å². The average Bonchev–Trinajstić information content (AvgIpc) is 2.28. The van der Waals surface area contributed by atoms with E-state index in [0.717, 1.165) is 0 Å². The first-order valence-corrected chi connectivity index (χ1v) is 4.65. The molecule has 1 aromatic heterocycles. The number of hydrogen-bond acceptors (Lipinski definition) is 5. The summed E-state index contributed by atoms with van der Waals surface area (Å²) >= 11 is 0. The second-order valence-corrected chi connectivity index (χ2v) is 3.20. The largest absolute Gasteiger partial charge is 0.467 e. The van der Waals surface area contributed by atoms with Crippen LogP contribution in [0.4, 0.5) is 5.69 Å². The van der Waals surface area contributed by atoms with Gasteiger partial charge in [-0.15, -0.1) is 0 Å². The number of carbonyl (C=O) groups excluding carboxylic acids is 2. The third-order valence-corrected chi connectivity index (χ3v) is 1.92. The number of carbonyl (C=O) groups is 2. The molecule has 1 heterocycles. The fourth-order valence-electron chi connectivity index (χ4n) is 1.05. The summed E-state index contributed by atoms with van der Waals surface area (Å²) in [4.78, 5) is 26.4. The molecular formula is C10H13N3O3. The molecule has 6 heteroatoms. The molecule has 0 aromatic carbocycles. The summed E-state index contributed by atoms with van der Waals surface area (Å²) < 4.78 is 4.47. The van der Waals surface area contributed by atoms with Crippen LogP contribution in [-0.2, 0) is 9.53 Å². The molecule has 1 aromatic rings. The number of nitrogen functional groups attached to an aromatic ring is 1. The predicted molar refractivity (Wildman–Crippen MR) is 57.6 cm³/mol. The van der Waals surface area contributed by atoms with Gasteiger partial charge < -0.3 is 15.8 Å². The van der Waals surface area contributed by atoms with Crippen molar-refractivity contribution in [2.45, 2.75) is 13.0 Å². The highest BCUT2D eigenvalue weighted by molar-refractivity contribution is 5.95. The van der Waals surface area contributed by atoms with Crippen molar-refractivity contribution in [3.05, 3.63) is 24.0 Å². The van der Waals surface area contributed by atoms with Crippen LogP contribution < -0.4 is 11.1 Å². The van der Waals surface area contributed by atoms with Crippen LogP contribution in [0.5, 0.6) is 0 Å². The van der Waals surface area contributed by atoms with Crippen LogP contribution in [0.1, 0.15) is 17.4 Å². The standard InChI is InChI=1S/C10H13N3O3/c1-6(10(15)16-2)13-9(14)8-4-3-7(11)5-12-8/h3-6H,11H2,1-2H3,(H,13,14)/t6-/m0/s1. The Morgan fingerprint density at radius 1 is 1.50 bits per heavy atom. The van der Waals surface area contributed by atoms with E-state index in [1.54, 1.807) is 6.07 Å². The molecule has 0 saturated carbocycles. The van der Waals surface area contributed by atoms with Crippen molar-refractivity contribution >= 4 is 17.6 Å². The summed E-state index contributed by atoms with van der Waals surface area (Å²) in [5.74, 6) is -0.957. The SMILES string of the molecule is COC(=O)[C@H](C)NC(=O)c1ccc(N)cn1. The van der Waals surface area contributed by atoms with Crippen LogP contribution in [0.15, 0.2) is 18.3 Å². The summed E-state index contributed by atoms with van der Waals surface area (Å²) in [7, 11) is 1.26. The van der Waals surface area contributed by atoms with Gasteiger partial charge in [0, 0.05) is 0 Å². The van der Waals surface area contributed by atoms with Gasteiger partial charge in [0.1, 0.15) is 11.7 Å². The van der Waals surface area contributed by atoms with Crippen molar-refractivity contribution in [3.63, 3.8) is 0 Å². The number of nitrogens with one attached hydrogen (secondary N) is 1. The van der Waals surface area contributed by atoms with E-state index in [1.807, 2.05) is 0 Å². The second-order valence-electron chi connectivity index (χ2n) is 3.20. The lowest BCUT2D eigenvalue weighted by Gasteiger charge is -2.10. The van der Waals surface area contributed by atoms with Gasteiger partial charge in [0.15, 0.2) is 0 Å². The van der Waals surface area contributed by atoms with E-state index < -0.39 is 17.9 Å². The third-order valence-electron chi connectivity index (χ3n) is 1.92. The Bertz CT molecular complexity index is 389. The zero-order chi connectivity index (χ0) is 12.1. The van der Waals surface area contributed by atoms with E-state index >= 15 is 0 Å². The Hall–Kier alpha value is -2.11. The van der Waals surface area contributed by atoms with Gasteiger partial charge in [-0.05, 0) is 19.1 Å². The van der Waals surface area contributed by atoms with Crippen LogP contribution in [0.2, 0.25) is 0 Å². The van der Waals surface area contributed by atoms with Crippen molar-refractivity contribution in [2.75, 3.05) is 12.8 Å². The lowest BCUT2D eigenvalue weighted by Crippen LogP contribution is -2.39. The molecule has 0 aliphatic heterocycles. The fourth-order valence-corrected chi connectivity index (χ4v) is 1.05. The van der Waals surface area contributed by atoms with E-state index in [0.29, 0.717) is 5.69 Å². The van der Waals surface area contributed by atoms with Crippen molar-refractivity contribution in [3.8, 4) is 0 Å². The van der Waals surface area contributed by atoms with Gasteiger partial charge in [0.05, 0.1) is 19.0 Å². The van der Waals surface area contributed by atoms with Crippen molar-refractivity contribution in [1.29, 1.82) is 0 Å².